The second-order valence-electron chi connectivity index (χ2n) is 8.35. The first-order valence-corrected chi connectivity index (χ1v) is 13.8. The molecule has 12 heteroatoms. The molecular formula is C23H27N5O5S2. The van der Waals surface area contributed by atoms with Crippen molar-refractivity contribution >= 4 is 48.5 Å². The van der Waals surface area contributed by atoms with E-state index in [0.717, 1.165) is 35.9 Å². The lowest BCUT2D eigenvalue weighted by Gasteiger charge is -2.24. The molecular weight excluding hydrogens is 490 g/mol. The zero-order chi connectivity index (χ0) is 25.0. The summed E-state index contributed by atoms with van der Waals surface area (Å²) in [6.07, 6.45) is 6.19. The monoisotopic (exact) mass is 517 g/mol. The van der Waals surface area contributed by atoms with E-state index in [1.54, 1.807) is 19.4 Å². The number of anilines is 1. The second kappa shape index (κ2) is 10.7. The average molecular weight is 518 g/mol. The fourth-order valence-electron chi connectivity index (χ4n) is 4.03. The molecule has 1 saturated heterocycles. The molecule has 3 amide bonds. The molecule has 10 nitrogen and oxygen atoms in total. The molecule has 3 heterocycles. The summed E-state index contributed by atoms with van der Waals surface area (Å²) in [7, 11) is -1.74. The number of carbonyl (C=O) groups excluding carboxylic acids is 2. The van der Waals surface area contributed by atoms with Gasteiger partial charge in [-0.05, 0) is 36.6 Å². The Hall–Kier alpha value is -3.09. The van der Waals surface area contributed by atoms with E-state index in [-0.39, 0.29) is 29.8 Å². The SMILES string of the molecule is COCC1CCCN1C(=O)CCNC(=O)Nc1nc2ccc(-c3cncc(S(C)(=O)=O)c3)cc2s1. The van der Waals surface area contributed by atoms with Crippen molar-refractivity contribution in [2.75, 3.05) is 38.4 Å². The molecule has 1 aliphatic heterocycles. The number of rotatable bonds is 8. The van der Waals surface area contributed by atoms with Crippen LogP contribution in [0, 0.1) is 0 Å². The number of amides is 3. The minimum atomic E-state index is -3.36. The van der Waals surface area contributed by atoms with Crippen molar-refractivity contribution in [2.24, 2.45) is 0 Å². The van der Waals surface area contributed by atoms with Gasteiger partial charge in [0.1, 0.15) is 0 Å². The molecule has 1 aromatic carbocycles. The van der Waals surface area contributed by atoms with Crippen molar-refractivity contribution in [3.05, 3.63) is 36.7 Å². The van der Waals surface area contributed by atoms with E-state index >= 15 is 0 Å². The van der Waals surface area contributed by atoms with Crippen molar-refractivity contribution in [3.63, 3.8) is 0 Å². The van der Waals surface area contributed by atoms with Gasteiger partial charge in [-0.15, -0.1) is 0 Å². The van der Waals surface area contributed by atoms with Crippen LogP contribution in [0.5, 0.6) is 0 Å². The summed E-state index contributed by atoms with van der Waals surface area (Å²) in [6.45, 7) is 1.47. The number of nitrogens with one attached hydrogen (secondary N) is 2. The molecule has 1 aliphatic rings. The third-order valence-electron chi connectivity index (χ3n) is 5.76. The molecule has 0 spiro atoms. The number of aromatic nitrogens is 2. The van der Waals surface area contributed by atoms with Crippen LogP contribution in [0.15, 0.2) is 41.6 Å². The number of fused-ring (bicyclic) bond motifs is 1. The number of sulfone groups is 1. The quantitative estimate of drug-likeness (QED) is 0.470. The van der Waals surface area contributed by atoms with Crippen molar-refractivity contribution in [1.82, 2.24) is 20.2 Å². The number of urea groups is 1. The number of ether oxygens (including phenoxy) is 1. The van der Waals surface area contributed by atoms with Crippen LogP contribution >= 0.6 is 11.3 Å². The fraction of sp³-hybridized carbons (Fsp3) is 0.391. The Morgan fingerprint density at radius 3 is 2.83 bits per heavy atom. The van der Waals surface area contributed by atoms with Gasteiger partial charge >= 0.3 is 6.03 Å². The molecule has 35 heavy (non-hydrogen) atoms. The van der Waals surface area contributed by atoms with Crippen LogP contribution in [0.1, 0.15) is 19.3 Å². The normalized spacial score (nSPS) is 15.9. The van der Waals surface area contributed by atoms with Crippen LogP contribution in [-0.4, -0.2) is 74.3 Å². The summed E-state index contributed by atoms with van der Waals surface area (Å²) in [5.74, 6) is 0.00630. The molecule has 2 N–H and O–H groups in total. The predicted octanol–water partition coefficient (Wildman–Crippen LogP) is 2.91. The van der Waals surface area contributed by atoms with E-state index in [2.05, 4.69) is 20.6 Å². The zero-order valence-electron chi connectivity index (χ0n) is 19.5. The minimum absolute atomic E-state index is 0.00630. The predicted molar refractivity (Wildman–Crippen MR) is 134 cm³/mol. The number of methoxy groups -OCH3 is 1. The van der Waals surface area contributed by atoms with Gasteiger partial charge in [-0.1, -0.05) is 17.4 Å². The Kier molecular flexibility index (Phi) is 7.63. The number of pyridine rings is 1. The summed E-state index contributed by atoms with van der Waals surface area (Å²) < 4.78 is 29.7. The number of nitrogens with zero attached hydrogens (tertiary/aromatic N) is 3. The molecule has 0 saturated carbocycles. The largest absolute Gasteiger partial charge is 0.383 e. The first kappa shape index (κ1) is 25.0. The highest BCUT2D eigenvalue weighted by Gasteiger charge is 2.28. The number of likely N-dealkylation sites (tertiary alicyclic amines) is 1. The highest BCUT2D eigenvalue weighted by molar-refractivity contribution is 7.90. The maximum atomic E-state index is 12.5. The van der Waals surface area contributed by atoms with Gasteiger partial charge in [0.05, 0.1) is 27.8 Å². The van der Waals surface area contributed by atoms with Crippen LogP contribution in [0.2, 0.25) is 0 Å². The van der Waals surface area contributed by atoms with Gasteiger partial charge in [-0.25, -0.2) is 18.2 Å². The molecule has 1 atom stereocenters. The smallest absolute Gasteiger partial charge is 0.321 e. The Morgan fingerprint density at radius 1 is 1.23 bits per heavy atom. The van der Waals surface area contributed by atoms with E-state index in [0.29, 0.717) is 22.8 Å². The number of thiazole rings is 1. The van der Waals surface area contributed by atoms with E-state index in [9.17, 15) is 18.0 Å². The molecule has 4 rings (SSSR count). The number of hydrogen-bond acceptors (Lipinski definition) is 8. The van der Waals surface area contributed by atoms with Gasteiger partial charge in [0.15, 0.2) is 15.0 Å². The lowest BCUT2D eigenvalue weighted by Crippen LogP contribution is -2.40. The van der Waals surface area contributed by atoms with E-state index in [4.69, 9.17) is 4.74 Å². The molecule has 0 aliphatic carbocycles. The minimum Gasteiger partial charge on any atom is -0.383 e. The van der Waals surface area contributed by atoms with Gasteiger partial charge in [0, 0.05) is 50.8 Å². The topological polar surface area (TPSA) is 131 Å². The third-order valence-corrected chi connectivity index (χ3v) is 7.78. The van der Waals surface area contributed by atoms with E-state index in [1.807, 2.05) is 23.1 Å². The molecule has 1 unspecified atom stereocenters. The third kappa shape index (κ3) is 6.13. The van der Waals surface area contributed by atoms with Gasteiger partial charge in [-0.3, -0.25) is 15.1 Å². The maximum Gasteiger partial charge on any atom is 0.321 e. The van der Waals surface area contributed by atoms with Crippen molar-refractivity contribution in [2.45, 2.75) is 30.2 Å². The summed E-state index contributed by atoms with van der Waals surface area (Å²) in [5, 5.41) is 5.84. The van der Waals surface area contributed by atoms with Crippen LogP contribution in [0.4, 0.5) is 9.93 Å². The summed E-state index contributed by atoms with van der Waals surface area (Å²) in [4.78, 5) is 35.2. The van der Waals surface area contributed by atoms with Gasteiger partial charge in [0.25, 0.3) is 0 Å². The van der Waals surface area contributed by atoms with E-state index in [1.165, 1.54) is 17.5 Å². The highest BCUT2D eigenvalue weighted by atomic mass is 32.2. The van der Waals surface area contributed by atoms with Crippen LogP contribution in [0.25, 0.3) is 21.3 Å². The second-order valence-corrected chi connectivity index (χ2v) is 11.4. The lowest BCUT2D eigenvalue weighted by atomic mass is 10.1. The van der Waals surface area contributed by atoms with Crippen molar-refractivity contribution in [3.8, 4) is 11.1 Å². The number of carbonyl (C=O) groups is 2. The molecule has 2 aromatic heterocycles. The molecule has 1 fully saturated rings. The van der Waals surface area contributed by atoms with Gasteiger partial charge in [0.2, 0.25) is 5.91 Å². The molecule has 0 radical (unpaired) electrons. The van der Waals surface area contributed by atoms with Gasteiger partial charge in [-0.2, -0.15) is 0 Å². The zero-order valence-corrected chi connectivity index (χ0v) is 21.1. The average Bonchev–Trinajstić information content (AvgIpc) is 3.44. The van der Waals surface area contributed by atoms with Crippen molar-refractivity contribution < 1.29 is 22.7 Å². The Bertz CT molecular complexity index is 1340. The number of benzene rings is 1. The first-order chi connectivity index (χ1) is 16.7. The Labute approximate surface area is 207 Å². The Balaban J connectivity index is 1.35. The van der Waals surface area contributed by atoms with Crippen LogP contribution in [0.3, 0.4) is 0 Å². The number of hydrogen-bond donors (Lipinski definition) is 2. The summed E-state index contributed by atoms with van der Waals surface area (Å²) in [6, 6.07) is 6.77. The summed E-state index contributed by atoms with van der Waals surface area (Å²) in [5.41, 5.74) is 2.17. The van der Waals surface area contributed by atoms with Gasteiger partial charge < -0.3 is 15.0 Å². The Morgan fingerprint density at radius 2 is 2.06 bits per heavy atom. The van der Waals surface area contributed by atoms with E-state index < -0.39 is 15.9 Å². The summed E-state index contributed by atoms with van der Waals surface area (Å²) >= 11 is 1.30. The van der Waals surface area contributed by atoms with Crippen LogP contribution < -0.4 is 10.6 Å². The molecule has 3 aromatic rings. The van der Waals surface area contributed by atoms with Crippen molar-refractivity contribution in [1.29, 1.82) is 0 Å². The maximum absolute atomic E-state index is 12.5. The fourth-order valence-corrected chi connectivity index (χ4v) is 5.53. The van der Waals surface area contributed by atoms with Crippen LogP contribution in [-0.2, 0) is 19.4 Å². The first-order valence-electron chi connectivity index (χ1n) is 11.1. The highest BCUT2D eigenvalue weighted by Crippen LogP contribution is 2.31. The lowest BCUT2D eigenvalue weighted by molar-refractivity contribution is -0.132. The molecule has 186 valence electrons. The standard InChI is InChI=1S/C23H27N5O5S2/c1-33-14-17-4-3-9-28(17)21(29)7-8-25-22(30)27-23-26-19-6-5-15(11-20(19)34-23)16-10-18(13-24-12-16)35(2,31)32/h5-6,10-13,17H,3-4,7-9,14H2,1-2H3,(H2,25,26,27,30). The molecule has 0 bridgehead atoms.